The van der Waals surface area contributed by atoms with Crippen LogP contribution in [0.1, 0.15) is 32.8 Å². The largest absolute Gasteiger partial charge is 0.508 e. The van der Waals surface area contributed by atoms with Crippen LogP contribution < -0.4 is 11.1 Å². The van der Waals surface area contributed by atoms with Crippen molar-refractivity contribution in [3.63, 3.8) is 0 Å². The monoisotopic (exact) mass is 250 g/mol. The minimum Gasteiger partial charge on any atom is -0.508 e. The zero-order valence-electron chi connectivity index (χ0n) is 11.2. The molecule has 0 radical (unpaired) electrons. The number of rotatable bonds is 5. The van der Waals surface area contributed by atoms with E-state index in [2.05, 4.69) is 5.32 Å². The van der Waals surface area contributed by atoms with Crippen molar-refractivity contribution >= 4 is 5.91 Å². The summed E-state index contributed by atoms with van der Waals surface area (Å²) in [6, 6.07) is 6.16. The molecule has 0 fully saturated rings. The summed E-state index contributed by atoms with van der Waals surface area (Å²) in [5, 5.41) is 12.1. The second-order valence-electron chi connectivity index (χ2n) is 5.20. The molecule has 1 atom stereocenters. The van der Waals surface area contributed by atoms with Gasteiger partial charge in [0.15, 0.2) is 0 Å². The molecule has 18 heavy (non-hydrogen) atoms. The number of aromatic hydroxyl groups is 1. The molecular weight excluding hydrogens is 228 g/mol. The van der Waals surface area contributed by atoms with E-state index in [9.17, 15) is 9.90 Å². The number of carbonyl (C=O) groups is 1. The Hall–Kier alpha value is -1.55. The Kier molecular flexibility index (Phi) is 4.73. The number of hydrogen-bond acceptors (Lipinski definition) is 3. The van der Waals surface area contributed by atoms with Crippen LogP contribution in [0.15, 0.2) is 24.3 Å². The Morgan fingerprint density at radius 3 is 2.44 bits per heavy atom. The molecule has 1 rings (SSSR count). The van der Waals surface area contributed by atoms with E-state index >= 15 is 0 Å². The van der Waals surface area contributed by atoms with Crippen LogP contribution in [0.4, 0.5) is 0 Å². The van der Waals surface area contributed by atoms with Crippen LogP contribution in [0.3, 0.4) is 0 Å². The molecule has 4 N–H and O–H groups in total. The Labute approximate surface area is 108 Å². The van der Waals surface area contributed by atoms with Crippen molar-refractivity contribution in [3.05, 3.63) is 29.8 Å². The van der Waals surface area contributed by atoms with Crippen molar-refractivity contribution in [1.29, 1.82) is 0 Å². The maximum Gasteiger partial charge on any atom is 0.237 e. The van der Waals surface area contributed by atoms with E-state index in [0.29, 0.717) is 6.42 Å². The minimum absolute atomic E-state index is 0.144. The highest BCUT2D eigenvalue weighted by Crippen LogP contribution is 2.12. The Morgan fingerprint density at radius 1 is 1.39 bits per heavy atom. The average Bonchev–Trinajstić information content (AvgIpc) is 2.31. The smallest absolute Gasteiger partial charge is 0.237 e. The highest BCUT2D eigenvalue weighted by atomic mass is 16.3. The zero-order valence-corrected chi connectivity index (χ0v) is 11.2. The molecule has 4 heteroatoms. The van der Waals surface area contributed by atoms with Crippen molar-refractivity contribution in [2.75, 3.05) is 0 Å². The molecule has 100 valence electrons. The van der Waals surface area contributed by atoms with Gasteiger partial charge in [0.25, 0.3) is 0 Å². The lowest BCUT2D eigenvalue weighted by molar-refractivity contribution is -0.124. The Morgan fingerprint density at radius 2 is 1.94 bits per heavy atom. The van der Waals surface area contributed by atoms with Crippen LogP contribution >= 0.6 is 0 Å². The first-order valence-electron chi connectivity index (χ1n) is 6.19. The molecule has 0 aromatic heterocycles. The first kappa shape index (κ1) is 14.5. The summed E-state index contributed by atoms with van der Waals surface area (Å²) in [6.07, 6.45) is 1.32. The third-order valence-corrected chi connectivity index (χ3v) is 3.07. The van der Waals surface area contributed by atoms with Gasteiger partial charge < -0.3 is 16.2 Å². The first-order valence-corrected chi connectivity index (χ1v) is 6.19. The SMILES string of the molecule is CCC(C)(C)NC(=O)[C@H](N)Cc1ccc(O)cc1. The molecule has 4 nitrogen and oxygen atoms in total. The third-order valence-electron chi connectivity index (χ3n) is 3.07. The van der Waals surface area contributed by atoms with Gasteiger partial charge in [-0.2, -0.15) is 0 Å². The fourth-order valence-corrected chi connectivity index (χ4v) is 1.49. The maximum absolute atomic E-state index is 11.9. The predicted octanol–water partition coefficient (Wildman–Crippen LogP) is 1.57. The van der Waals surface area contributed by atoms with Gasteiger partial charge in [-0.25, -0.2) is 0 Å². The molecule has 0 aliphatic heterocycles. The van der Waals surface area contributed by atoms with E-state index in [-0.39, 0.29) is 17.2 Å². The van der Waals surface area contributed by atoms with Crippen LogP contribution in [0, 0.1) is 0 Å². The fraction of sp³-hybridized carbons (Fsp3) is 0.500. The minimum atomic E-state index is -0.569. The van der Waals surface area contributed by atoms with Crippen molar-refractivity contribution < 1.29 is 9.90 Å². The number of nitrogens with two attached hydrogens (primary N) is 1. The zero-order chi connectivity index (χ0) is 13.8. The summed E-state index contributed by atoms with van der Waals surface area (Å²) < 4.78 is 0. The summed E-state index contributed by atoms with van der Waals surface area (Å²) in [5.41, 5.74) is 6.58. The van der Waals surface area contributed by atoms with Crippen molar-refractivity contribution in [1.82, 2.24) is 5.32 Å². The molecule has 1 aromatic carbocycles. The standard InChI is InChI=1S/C14H22N2O2/c1-4-14(2,3)16-13(18)12(15)9-10-5-7-11(17)8-6-10/h5-8,12,17H,4,9,15H2,1-3H3,(H,16,18)/t12-/m1/s1. The van der Waals surface area contributed by atoms with Gasteiger partial charge in [0.2, 0.25) is 5.91 Å². The van der Waals surface area contributed by atoms with Crippen LogP contribution in [0.25, 0.3) is 0 Å². The second-order valence-corrected chi connectivity index (χ2v) is 5.20. The Bertz CT molecular complexity index is 399. The highest BCUT2D eigenvalue weighted by molar-refractivity contribution is 5.82. The summed E-state index contributed by atoms with van der Waals surface area (Å²) in [4.78, 5) is 11.9. The highest BCUT2D eigenvalue weighted by Gasteiger charge is 2.22. The van der Waals surface area contributed by atoms with Gasteiger partial charge in [-0.05, 0) is 44.4 Å². The van der Waals surface area contributed by atoms with Gasteiger partial charge >= 0.3 is 0 Å². The van der Waals surface area contributed by atoms with E-state index in [1.165, 1.54) is 0 Å². The van der Waals surface area contributed by atoms with Crippen molar-refractivity contribution in [2.24, 2.45) is 5.73 Å². The number of phenols is 1. The number of nitrogens with one attached hydrogen (secondary N) is 1. The third kappa shape index (κ3) is 4.37. The van der Waals surface area contributed by atoms with Crippen LogP contribution in [-0.2, 0) is 11.2 Å². The van der Waals surface area contributed by atoms with Gasteiger partial charge in [-0.15, -0.1) is 0 Å². The summed E-state index contributed by atoms with van der Waals surface area (Å²) in [7, 11) is 0. The topological polar surface area (TPSA) is 75.4 Å². The van der Waals surface area contributed by atoms with Crippen LogP contribution in [-0.4, -0.2) is 22.6 Å². The van der Waals surface area contributed by atoms with E-state index < -0.39 is 6.04 Å². The lowest BCUT2D eigenvalue weighted by Gasteiger charge is -2.26. The van der Waals surface area contributed by atoms with Gasteiger partial charge in [0, 0.05) is 5.54 Å². The van der Waals surface area contributed by atoms with E-state index in [1.807, 2.05) is 20.8 Å². The van der Waals surface area contributed by atoms with E-state index in [4.69, 9.17) is 5.73 Å². The molecular formula is C14H22N2O2. The van der Waals surface area contributed by atoms with Crippen molar-refractivity contribution in [2.45, 2.75) is 45.2 Å². The summed E-state index contributed by atoms with van der Waals surface area (Å²) in [6.45, 7) is 5.96. The molecule has 0 aliphatic carbocycles. The Balaban J connectivity index is 2.57. The van der Waals surface area contributed by atoms with Gasteiger partial charge in [-0.3, -0.25) is 4.79 Å². The second kappa shape index (κ2) is 5.87. The van der Waals surface area contributed by atoms with Crippen LogP contribution in [0.2, 0.25) is 0 Å². The number of carbonyl (C=O) groups excluding carboxylic acids is 1. The molecule has 1 aromatic rings. The lowest BCUT2D eigenvalue weighted by Crippen LogP contribution is -2.50. The van der Waals surface area contributed by atoms with Gasteiger partial charge in [0.1, 0.15) is 5.75 Å². The molecule has 0 heterocycles. The van der Waals surface area contributed by atoms with Crippen molar-refractivity contribution in [3.8, 4) is 5.75 Å². The summed E-state index contributed by atoms with van der Waals surface area (Å²) >= 11 is 0. The lowest BCUT2D eigenvalue weighted by atomic mass is 10.00. The molecule has 0 unspecified atom stereocenters. The molecule has 0 bridgehead atoms. The van der Waals surface area contributed by atoms with Gasteiger partial charge in [-0.1, -0.05) is 19.1 Å². The van der Waals surface area contributed by atoms with Crippen LogP contribution in [0.5, 0.6) is 5.75 Å². The number of phenolic OH excluding ortho intramolecular Hbond substituents is 1. The summed E-state index contributed by atoms with van der Waals surface area (Å²) in [5.74, 6) is 0.0683. The normalized spacial score (nSPS) is 13.1. The number of amides is 1. The molecule has 0 aliphatic rings. The van der Waals surface area contributed by atoms with E-state index in [0.717, 1.165) is 12.0 Å². The maximum atomic E-state index is 11.9. The molecule has 0 saturated carbocycles. The average molecular weight is 250 g/mol. The molecule has 1 amide bonds. The fourth-order valence-electron chi connectivity index (χ4n) is 1.49. The van der Waals surface area contributed by atoms with E-state index in [1.54, 1.807) is 24.3 Å². The first-order chi connectivity index (χ1) is 8.34. The molecule has 0 spiro atoms. The quantitative estimate of drug-likeness (QED) is 0.742. The predicted molar refractivity (Wildman–Crippen MR) is 72.3 cm³/mol. The number of hydrogen-bond donors (Lipinski definition) is 3. The number of benzene rings is 1. The van der Waals surface area contributed by atoms with Gasteiger partial charge in [0.05, 0.1) is 6.04 Å². The molecule has 0 saturated heterocycles.